The van der Waals surface area contributed by atoms with Crippen LogP contribution >= 0.6 is 0 Å². The lowest BCUT2D eigenvalue weighted by molar-refractivity contribution is 0.0928. The fraction of sp³-hybridized carbons (Fsp3) is 0.417. The van der Waals surface area contributed by atoms with Crippen molar-refractivity contribution in [3.05, 3.63) is 29.8 Å². The number of anilines is 1. The Bertz CT molecular complexity index is 356. The molecule has 0 radical (unpaired) electrons. The number of benzene rings is 1. The van der Waals surface area contributed by atoms with Gasteiger partial charge in [-0.3, -0.25) is 0 Å². The average Bonchev–Trinajstić information content (AvgIpc) is 2.74. The number of aryl methyl sites for hydroxylation is 1. The minimum absolute atomic E-state index is 0.134. The number of amides is 2. The second-order valence-corrected chi connectivity index (χ2v) is 3.97. The molecule has 1 saturated heterocycles. The van der Waals surface area contributed by atoms with Gasteiger partial charge in [-0.1, -0.05) is 17.7 Å². The molecule has 2 amide bonds. The molecule has 0 aliphatic carbocycles. The minimum Gasteiger partial charge on any atom is -0.358 e. The Kier molecular flexibility index (Phi) is 3.41. The maximum atomic E-state index is 11.6. The monoisotopic (exact) mass is 220 g/mol. The van der Waals surface area contributed by atoms with Gasteiger partial charge >= 0.3 is 6.03 Å². The summed E-state index contributed by atoms with van der Waals surface area (Å²) in [5.74, 6) is 0. The van der Waals surface area contributed by atoms with E-state index in [1.54, 1.807) is 0 Å². The molecule has 1 aromatic carbocycles. The first kappa shape index (κ1) is 11.0. The van der Waals surface area contributed by atoms with E-state index in [1.165, 1.54) is 5.56 Å². The Morgan fingerprint density at radius 3 is 2.75 bits per heavy atom. The predicted octanol–water partition coefficient (Wildman–Crippen LogP) is 2.25. The minimum atomic E-state index is -0.212. The summed E-state index contributed by atoms with van der Waals surface area (Å²) in [6, 6.07) is 7.47. The van der Waals surface area contributed by atoms with Gasteiger partial charge in [0.05, 0.1) is 0 Å². The number of carbonyl (C=O) groups excluding carboxylic acids is 1. The van der Waals surface area contributed by atoms with E-state index in [-0.39, 0.29) is 12.3 Å². The van der Waals surface area contributed by atoms with Gasteiger partial charge < -0.3 is 15.4 Å². The molecule has 2 rings (SSSR count). The smallest absolute Gasteiger partial charge is 0.321 e. The van der Waals surface area contributed by atoms with Crippen molar-refractivity contribution in [1.82, 2.24) is 5.32 Å². The summed E-state index contributed by atoms with van der Waals surface area (Å²) in [7, 11) is 0. The predicted molar refractivity (Wildman–Crippen MR) is 62.3 cm³/mol. The highest BCUT2D eigenvalue weighted by atomic mass is 16.5. The van der Waals surface area contributed by atoms with Crippen LogP contribution in [0, 0.1) is 6.92 Å². The van der Waals surface area contributed by atoms with Crippen LogP contribution in [0.2, 0.25) is 0 Å². The molecule has 1 unspecified atom stereocenters. The SMILES string of the molecule is Cc1ccc(NC(=O)NC2CCCO2)cc1. The number of rotatable bonds is 2. The summed E-state index contributed by atoms with van der Waals surface area (Å²) >= 11 is 0. The molecule has 1 aliphatic rings. The van der Waals surface area contributed by atoms with Gasteiger partial charge in [0.1, 0.15) is 6.23 Å². The fourth-order valence-corrected chi connectivity index (χ4v) is 1.64. The molecule has 1 fully saturated rings. The molecule has 16 heavy (non-hydrogen) atoms. The molecule has 86 valence electrons. The van der Waals surface area contributed by atoms with Crippen molar-refractivity contribution < 1.29 is 9.53 Å². The van der Waals surface area contributed by atoms with Crippen molar-refractivity contribution in [3.8, 4) is 0 Å². The number of carbonyl (C=O) groups is 1. The standard InChI is InChI=1S/C12H16N2O2/c1-9-4-6-10(7-5-9)13-12(15)14-11-3-2-8-16-11/h4-7,11H,2-3,8H2,1H3,(H2,13,14,15). The molecule has 1 heterocycles. The highest BCUT2D eigenvalue weighted by Crippen LogP contribution is 2.11. The Hall–Kier alpha value is -1.55. The molecular weight excluding hydrogens is 204 g/mol. The van der Waals surface area contributed by atoms with Crippen LogP contribution in [0.3, 0.4) is 0 Å². The Labute approximate surface area is 95.0 Å². The van der Waals surface area contributed by atoms with Gasteiger partial charge in [-0.2, -0.15) is 0 Å². The van der Waals surface area contributed by atoms with E-state index in [2.05, 4.69) is 10.6 Å². The van der Waals surface area contributed by atoms with E-state index in [0.717, 1.165) is 25.1 Å². The van der Waals surface area contributed by atoms with Crippen LogP contribution in [0.1, 0.15) is 18.4 Å². The third-order valence-electron chi connectivity index (χ3n) is 2.53. The van der Waals surface area contributed by atoms with E-state index < -0.39 is 0 Å². The molecule has 2 N–H and O–H groups in total. The average molecular weight is 220 g/mol. The second-order valence-electron chi connectivity index (χ2n) is 3.97. The summed E-state index contributed by atoms with van der Waals surface area (Å²) in [5.41, 5.74) is 1.96. The van der Waals surface area contributed by atoms with Crippen molar-refractivity contribution >= 4 is 11.7 Å². The quantitative estimate of drug-likeness (QED) is 0.803. The van der Waals surface area contributed by atoms with E-state index in [1.807, 2.05) is 31.2 Å². The van der Waals surface area contributed by atoms with E-state index >= 15 is 0 Å². The van der Waals surface area contributed by atoms with Gasteiger partial charge in [0, 0.05) is 12.3 Å². The zero-order valence-electron chi connectivity index (χ0n) is 9.32. The molecular formula is C12H16N2O2. The number of ether oxygens (including phenoxy) is 1. The molecule has 0 spiro atoms. The molecule has 4 nitrogen and oxygen atoms in total. The maximum absolute atomic E-state index is 11.6. The first-order valence-corrected chi connectivity index (χ1v) is 5.50. The largest absolute Gasteiger partial charge is 0.358 e. The maximum Gasteiger partial charge on any atom is 0.321 e. The van der Waals surface area contributed by atoms with E-state index in [0.29, 0.717) is 0 Å². The Balaban J connectivity index is 1.84. The fourth-order valence-electron chi connectivity index (χ4n) is 1.64. The van der Waals surface area contributed by atoms with Gasteiger partial charge in [0.2, 0.25) is 0 Å². The summed E-state index contributed by atoms with van der Waals surface area (Å²) in [5, 5.41) is 5.54. The van der Waals surface area contributed by atoms with E-state index in [9.17, 15) is 4.79 Å². The zero-order chi connectivity index (χ0) is 11.4. The lowest BCUT2D eigenvalue weighted by Gasteiger charge is -2.12. The molecule has 0 bridgehead atoms. The molecule has 1 aromatic rings. The van der Waals surface area contributed by atoms with Crippen LogP contribution in [0.5, 0.6) is 0 Å². The van der Waals surface area contributed by atoms with Gasteiger partial charge in [-0.15, -0.1) is 0 Å². The molecule has 0 aromatic heterocycles. The van der Waals surface area contributed by atoms with Crippen molar-refractivity contribution in [2.45, 2.75) is 26.0 Å². The topological polar surface area (TPSA) is 50.4 Å². The van der Waals surface area contributed by atoms with Crippen molar-refractivity contribution in [3.63, 3.8) is 0 Å². The Morgan fingerprint density at radius 2 is 2.12 bits per heavy atom. The van der Waals surface area contributed by atoms with Gasteiger partial charge in [0.25, 0.3) is 0 Å². The second kappa shape index (κ2) is 4.99. The number of urea groups is 1. The molecule has 4 heteroatoms. The lowest BCUT2D eigenvalue weighted by atomic mass is 10.2. The van der Waals surface area contributed by atoms with E-state index in [4.69, 9.17) is 4.74 Å². The first-order chi connectivity index (χ1) is 7.74. The van der Waals surface area contributed by atoms with Crippen LogP contribution in [0.4, 0.5) is 10.5 Å². The lowest BCUT2D eigenvalue weighted by Crippen LogP contribution is -2.37. The van der Waals surface area contributed by atoms with Crippen LogP contribution in [0.25, 0.3) is 0 Å². The highest BCUT2D eigenvalue weighted by Gasteiger charge is 2.17. The highest BCUT2D eigenvalue weighted by molar-refractivity contribution is 5.89. The van der Waals surface area contributed by atoms with Gasteiger partial charge in [-0.25, -0.2) is 4.79 Å². The van der Waals surface area contributed by atoms with Crippen molar-refractivity contribution in [2.24, 2.45) is 0 Å². The molecule has 1 atom stereocenters. The molecule has 0 saturated carbocycles. The summed E-state index contributed by atoms with van der Waals surface area (Å²) in [4.78, 5) is 11.6. The van der Waals surface area contributed by atoms with Crippen LogP contribution < -0.4 is 10.6 Å². The first-order valence-electron chi connectivity index (χ1n) is 5.50. The summed E-state index contributed by atoms with van der Waals surface area (Å²) in [6.45, 7) is 2.74. The summed E-state index contributed by atoms with van der Waals surface area (Å²) in [6.07, 6.45) is 1.77. The van der Waals surface area contributed by atoms with Crippen LogP contribution in [-0.2, 0) is 4.74 Å². The van der Waals surface area contributed by atoms with Gasteiger partial charge in [0.15, 0.2) is 0 Å². The third-order valence-corrected chi connectivity index (χ3v) is 2.53. The van der Waals surface area contributed by atoms with Crippen LogP contribution in [-0.4, -0.2) is 18.9 Å². The Morgan fingerprint density at radius 1 is 1.38 bits per heavy atom. The zero-order valence-corrected chi connectivity index (χ0v) is 9.32. The van der Waals surface area contributed by atoms with Crippen molar-refractivity contribution in [1.29, 1.82) is 0 Å². The third kappa shape index (κ3) is 2.97. The normalized spacial score (nSPS) is 19.4. The number of hydrogen-bond acceptors (Lipinski definition) is 2. The number of hydrogen-bond donors (Lipinski definition) is 2. The van der Waals surface area contributed by atoms with Gasteiger partial charge in [-0.05, 0) is 31.9 Å². The molecule has 1 aliphatic heterocycles. The summed E-state index contributed by atoms with van der Waals surface area (Å²) < 4.78 is 5.31. The number of nitrogens with one attached hydrogen (secondary N) is 2. The van der Waals surface area contributed by atoms with Crippen molar-refractivity contribution in [2.75, 3.05) is 11.9 Å². The van der Waals surface area contributed by atoms with Crippen LogP contribution in [0.15, 0.2) is 24.3 Å².